The Morgan fingerprint density at radius 2 is 1.97 bits per heavy atom. The van der Waals surface area contributed by atoms with Gasteiger partial charge >= 0.3 is 11.9 Å². The minimum Gasteiger partial charge on any atom is -0.459 e. The number of furan rings is 1. The standard InChI is InChI=1S/C21H19N5O4S/c1-12-6-8-13(9-7-12)22-15(27)11-31-19-16-18(25(2)21(29)26(3)20(16)28)23-17(24-19)14-5-4-10-30-14/h4-10,16H,11H2,1-3H3/p+1. The van der Waals surface area contributed by atoms with Gasteiger partial charge in [0, 0.05) is 5.69 Å². The summed E-state index contributed by atoms with van der Waals surface area (Å²) in [5.74, 6) is -0.585. The predicted molar refractivity (Wildman–Crippen MR) is 118 cm³/mol. The van der Waals surface area contributed by atoms with Crippen LogP contribution in [0, 0.1) is 12.8 Å². The molecule has 0 radical (unpaired) electrons. The number of thioether (sulfide) groups is 1. The molecular weight excluding hydrogens is 418 g/mol. The zero-order chi connectivity index (χ0) is 22.1. The Morgan fingerprint density at radius 1 is 1.23 bits per heavy atom. The van der Waals surface area contributed by atoms with Crippen LogP contribution >= 0.6 is 11.8 Å². The van der Waals surface area contributed by atoms with E-state index < -0.39 is 17.9 Å². The molecular formula is C21H20N5O4S+. The van der Waals surface area contributed by atoms with Crippen LogP contribution < -0.4 is 5.32 Å². The smallest absolute Gasteiger partial charge is 0.445 e. The quantitative estimate of drug-likeness (QED) is 0.738. The SMILES string of the molecule is Cc1ccc(NC(=O)CSC2=NC(c3ccco3)=NC3=[N+](C)C(=O)N(C)C(=O)C23)cc1. The van der Waals surface area contributed by atoms with Gasteiger partial charge in [0.05, 0.1) is 26.1 Å². The summed E-state index contributed by atoms with van der Waals surface area (Å²) >= 11 is 1.13. The molecule has 4 rings (SSSR count). The highest BCUT2D eigenvalue weighted by Gasteiger charge is 2.49. The molecule has 1 atom stereocenters. The summed E-state index contributed by atoms with van der Waals surface area (Å²) in [5, 5.41) is 3.21. The monoisotopic (exact) mass is 438 g/mol. The lowest BCUT2D eigenvalue weighted by molar-refractivity contribution is -0.407. The van der Waals surface area contributed by atoms with Gasteiger partial charge in [0.2, 0.25) is 5.91 Å². The van der Waals surface area contributed by atoms with Crippen LogP contribution in [0.3, 0.4) is 0 Å². The lowest BCUT2D eigenvalue weighted by atomic mass is 10.0. The van der Waals surface area contributed by atoms with Gasteiger partial charge in [-0.25, -0.2) is 9.79 Å². The molecule has 0 spiro atoms. The number of rotatable bonds is 4. The topological polar surface area (TPSA) is 107 Å². The van der Waals surface area contributed by atoms with Gasteiger partial charge in [-0.2, -0.15) is 9.48 Å². The number of anilines is 1. The number of aliphatic imine (C=N–C) groups is 2. The van der Waals surface area contributed by atoms with Crippen LogP contribution in [0.4, 0.5) is 10.5 Å². The van der Waals surface area contributed by atoms with E-state index in [2.05, 4.69) is 15.3 Å². The van der Waals surface area contributed by atoms with Gasteiger partial charge in [-0.15, -0.1) is 0 Å². The molecule has 1 N–H and O–H groups in total. The maximum atomic E-state index is 12.9. The molecule has 0 saturated carbocycles. The Kier molecular flexibility index (Phi) is 5.55. The van der Waals surface area contributed by atoms with Crippen molar-refractivity contribution in [2.24, 2.45) is 15.9 Å². The van der Waals surface area contributed by atoms with Crippen molar-refractivity contribution in [1.82, 2.24) is 4.90 Å². The second-order valence-electron chi connectivity index (χ2n) is 7.10. The zero-order valence-electron chi connectivity index (χ0n) is 17.2. The van der Waals surface area contributed by atoms with Crippen LogP contribution in [0.2, 0.25) is 0 Å². The fraction of sp³-hybridized carbons (Fsp3) is 0.238. The third-order valence-corrected chi connectivity index (χ3v) is 5.89. The Balaban J connectivity index is 1.60. The molecule has 4 amide bonds. The van der Waals surface area contributed by atoms with E-state index in [9.17, 15) is 14.4 Å². The number of hydrogen-bond donors (Lipinski definition) is 1. The molecule has 3 heterocycles. The molecule has 31 heavy (non-hydrogen) atoms. The van der Waals surface area contributed by atoms with Crippen LogP contribution in [0.25, 0.3) is 0 Å². The second-order valence-corrected chi connectivity index (χ2v) is 8.09. The highest BCUT2D eigenvalue weighted by Crippen LogP contribution is 2.26. The molecule has 0 saturated heterocycles. The van der Waals surface area contributed by atoms with Crippen molar-refractivity contribution in [3.8, 4) is 0 Å². The molecule has 0 bridgehead atoms. The third kappa shape index (κ3) is 4.06. The number of benzene rings is 1. The maximum absolute atomic E-state index is 12.9. The number of imide groups is 1. The van der Waals surface area contributed by atoms with Gasteiger partial charge in [0.25, 0.3) is 11.7 Å². The number of carbonyl (C=O) groups is 3. The van der Waals surface area contributed by atoms with E-state index in [1.165, 1.54) is 17.9 Å². The first-order chi connectivity index (χ1) is 14.8. The Bertz CT molecular complexity index is 1150. The van der Waals surface area contributed by atoms with Gasteiger partial charge < -0.3 is 9.73 Å². The van der Waals surface area contributed by atoms with Crippen LogP contribution in [0.5, 0.6) is 0 Å². The summed E-state index contributed by atoms with van der Waals surface area (Å²) in [5.41, 5.74) is 1.78. The number of urea groups is 1. The minimum atomic E-state index is -0.858. The van der Waals surface area contributed by atoms with Crippen molar-refractivity contribution in [3.05, 3.63) is 54.0 Å². The van der Waals surface area contributed by atoms with Gasteiger partial charge in [-0.1, -0.05) is 34.5 Å². The zero-order valence-corrected chi connectivity index (χ0v) is 18.0. The Labute approximate surface area is 182 Å². The molecule has 1 unspecified atom stereocenters. The highest BCUT2D eigenvalue weighted by molar-refractivity contribution is 8.14. The summed E-state index contributed by atoms with van der Waals surface area (Å²) in [6, 6.07) is 10.4. The summed E-state index contributed by atoms with van der Waals surface area (Å²) in [7, 11) is 2.96. The van der Waals surface area contributed by atoms with E-state index >= 15 is 0 Å². The number of amides is 4. The van der Waals surface area contributed by atoms with E-state index in [1.54, 1.807) is 19.2 Å². The number of carbonyl (C=O) groups excluding carboxylic acids is 3. The molecule has 1 aromatic carbocycles. The third-order valence-electron chi connectivity index (χ3n) is 4.86. The average Bonchev–Trinajstić information content (AvgIpc) is 3.31. The van der Waals surface area contributed by atoms with Gasteiger partial charge in [-0.3, -0.25) is 9.59 Å². The number of hydrogen-bond acceptors (Lipinski definition) is 7. The first-order valence-electron chi connectivity index (χ1n) is 9.47. The highest BCUT2D eigenvalue weighted by atomic mass is 32.2. The molecule has 2 aliphatic rings. The van der Waals surface area contributed by atoms with E-state index in [0.29, 0.717) is 16.5 Å². The molecule has 2 aromatic rings. The fourth-order valence-electron chi connectivity index (χ4n) is 3.18. The normalized spacial score (nSPS) is 18.5. The molecule has 0 fully saturated rings. The van der Waals surface area contributed by atoms with Gasteiger partial charge in [-0.05, 0) is 31.2 Å². The molecule has 2 aliphatic heterocycles. The summed E-state index contributed by atoms with van der Waals surface area (Å²) < 4.78 is 6.70. The van der Waals surface area contributed by atoms with Crippen LogP contribution in [0.1, 0.15) is 11.3 Å². The van der Waals surface area contributed by atoms with Crippen molar-refractivity contribution in [2.75, 3.05) is 25.2 Å². The molecule has 9 nitrogen and oxygen atoms in total. The molecule has 10 heteroatoms. The first kappa shape index (κ1) is 20.7. The largest absolute Gasteiger partial charge is 0.459 e. The maximum Gasteiger partial charge on any atom is 0.445 e. The van der Waals surface area contributed by atoms with E-state index in [1.807, 2.05) is 31.2 Å². The second kappa shape index (κ2) is 8.31. The molecule has 0 aliphatic carbocycles. The lowest BCUT2D eigenvalue weighted by Crippen LogP contribution is -2.54. The number of nitrogens with one attached hydrogen (secondary N) is 1. The summed E-state index contributed by atoms with van der Waals surface area (Å²) in [6.45, 7) is 1.97. The van der Waals surface area contributed by atoms with E-state index in [-0.39, 0.29) is 23.3 Å². The van der Waals surface area contributed by atoms with Crippen molar-refractivity contribution in [3.63, 3.8) is 0 Å². The number of nitrogens with zero attached hydrogens (tertiary/aromatic N) is 4. The van der Waals surface area contributed by atoms with Gasteiger partial charge in [0.1, 0.15) is 5.04 Å². The summed E-state index contributed by atoms with van der Waals surface area (Å²) in [6.07, 6.45) is 1.49. The van der Waals surface area contributed by atoms with Crippen LogP contribution in [0.15, 0.2) is 57.1 Å². The number of amidine groups is 2. The van der Waals surface area contributed by atoms with Crippen LogP contribution in [-0.4, -0.2) is 63.9 Å². The van der Waals surface area contributed by atoms with Crippen LogP contribution in [-0.2, 0) is 9.59 Å². The average molecular weight is 438 g/mol. The first-order valence-corrected chi connectivity index (χ1v) is 10.5. The molecule has 158 valence electrons. The van der Waals surface area contributed by atoms with E-state index in [0.717, 1.165) is 22.2 Å². The number of fused-ring (bicyclic) bond motifs is 1. The molecule has 1 aromatic heterocycles. The Hall–Kier alpha value is -3.53. The van der Waals surface area contributed by atoms with Crippen molar-refractivity contribution < 1.29 is 23.4 Å². The number of aryl methyl sites for hydroxylation is 1. The van der Waals surface area contributed by atoms with Gasteiger partial charge in [0.15, 0.2) is 11.7 Å². The van der Waals surface area contributed by atoms with Crippen molar-refractivity contribution in [2.45, 2.75) is 6.92 Å². The fourth-order valence-corrected chi connectivity index (χ4v) is 4.05. The Morgan fingerprint density at radius 3 is 2.65 bits per heavy atom. The van der Waals surface area contributed by atoms with E-state index in [4.69, 9.17) is 4.42 Å². The minimum absolute atomic E-state index is 0.0383. The van der Waals surface area contributed by atoms with Crippen molar-refractivity contribution in [1.29, 1.82) is 0 Å². The predicted octanol–water partition coefficient (Wildman–Crippen LogP) is 2.37. The summed E-state index contributed by atoms with van der Waals surface area (Å²) in [4.78, 5) is 47.7. The van der Waals surface area contributed by atoms with Crippen molar-refractivity contribution >= 4 is 52.0 Å². The lowest BCUT2D eigenvalue weighted by Gasteiger charge is -2.26.